The van der Waals surface area contributed by atoms with Gasteiger partial charge in [-0.2, -0.15) is 0 Å². The number of rotatable bonds is 0. The van der Waals surface area contributed by atoms with Gasteiger partial charge in [0.25, 0.3) is 0 Å². The van der Waals surface area contributed by atoms with Crippen LogP contribution in [-0.4, -0.2) is 50.0 Å². The predicted octanol–water partition coefficient (Wildman–Crippen LogP) is -2.68. The smallest absolute Gasteiger partial charge is 0.852 e. The second-order valence-electron chi connectivity index (χ2n) is 4.33. The Morgan fingerprint density at radius 3 is 0.632 bits per heavy atom. The van der Waals surface area contributed by atoms with E-state index in [4.69, 9.17) is 15.3 Å². The van der Waals surface area contributed by atoms with Gasteiger partial charge in [0.2, 0.25) is 0 Å². The molecule has 0 unspecified atom stereocenters. The molecule has 0 spiro atoms. The zero-order valence-corrected chi connectivity index (χ0v) is 20.2. The van der Waals surface area contributed by atoms with Crippen molar-refractivity contribution in [2.45, 2.75) is 86.4 Å². The molecule has 0 aromatic heterocycles. The molecule has 19 heavy (non-hydrogen) atoms. The van der Waals surface area contributed by atoms with Gasteiger partial charge in [-0.15, -0.1) is 6.10 Å². The molecule has 118 valence electrons. The van der Waals surface area contributed by atoms with Crippen LogP contribution in [0.1, 0.15) is 55.4 Å². The molecule has 0 amide bonds. The first-order chi connectivity index (χ1) is 7.93. The topological polar surface area (TPSA) is 83.8 Å². The largest absolute Gasteiger partial charge is 1.00 e. The summed E-state index contributed by atoms with van der Waals surface area (Å²) in [5, 5.41) is 33.7. The van der Waals surface area contributed by atoms with Crippen molar-refractivity contribution in [3.8, 4) is 0 Å². The molecule has 0 saturated carbocycles. The van der Waals surface area contributed by atoms with Crippen molar-refractivity contribution in [1.29, 1.82) is 0 Å². The average molecular weight is 325 g/mol. The summed E-state index contributed by atoms with van der Waals surface area (Å²) in [6, 6.07) is 0. The van der Waals surface area contributed by atoms with Crippen LogP contribution in [0.15, 0.2) is 0 Å². The summed E-state index contributed by atoms with van der Waals surface area (Å²) in [6.45, 7) is 15.7. The quantitative estimate of drug-likeness (QED) is 0.424. The van der Waals surface area contributed by atoms with Crippen LogP contribution in [0.5, 0.6) is 0 Å². The minimum Gasteiger partial charge on any atom is -0.852 e. The van der Waals surface area contributed by atoms with Crippen molar-refractivity contribution >= 4 is 10.2 Å². The van der Waals surface area contributed by atoms with Gasteiger partial charge < -0.3 is 20.4 Å². The molecular weight excluding hydrogens is 287 g/mol. The van der Waals surface area contributed by atoms with Gasteiger partial charge in [0.15, 0.2) is 0 Å². The molecule has 0 heterocycles. The van der Waals surface area contributed by atoms with E-state index in [-0.39, 0.29) is 69.7 Å². The Morgan fingerprint density at radius 2 is 0.632 bits per heavy atom. The molecule has 0 bridgehead atoms. The maximum atomic E-state index is 9.53. The van der Waals surface area contributed by atoms with Crippen molar-refractivity contribution in [3.63, 3.8) is 0 Å². The van der Waals surface area contributed by atoms with Crippen LogP contribution in [-0.2, 0) is 0 Å². The Bertz CT molecular complexity index is 67.6. The van der Waals surface area contributed by atoms with E-state index in [0.717, 1.165) is 0 Å². The first-order valence-corrected chi connectivity index (χ1v) is 8.63. The van der Waals surface area contributed by atoms with Crippen molar-refractivity contribution < 1.29 is 71.8 Å². The zero-order chi connectivity index (χ0) is 16.3. The Balaban J connectivity index is -0.0000000279. The fourth-order valence-corrected chi connectivity index (χ4v) is 0. The molecular formula is C13H37KO4Si. The molecule has 0 aliphatic rings. The monoisotopic (exact) mass is 324 g/mol. The van der Waals surface area contributed by atoms with E-state index in [1.807, 2.05) is 0 Å². The Morgan fingerprint density at radius 1 is 0.632 bits per heavy atom. The fourth-order valence-electron chi connectivity index (χ4n) is 0. The van der Waals surface area contributed by atoms with Crippen molar-refractivity contribution in [3.05, 3.63) is 0 Å². The molecule has 4 nitrogen and oxygen atoms in total. The number of aliphatic hydroxyl groups excluding tert-OH is 3. The maximum Gasteiger partial charge on any atom is 1.00 e. The molecule has 0 rings (SSSR count). The van der Waals surface area contributed by atoms with Crippen LogP contribution in [0.25, 0.3) is 0 Å². The molecule has 3 N–H and O–H groups in total. The third-order valence-electron chi connectivity index (χ3n) is 0. The van der Waals surface area contributed by atoms with Gasteiger partial charge in [-0.05, 0) is 51.8 Å². The molecule has 0 fully saturated rings. The molecule has 0 aromatic rings. The van der Waals surface area contributed by atoms with E-state index in [2.05, 4.69) is 6.55 Å². The minimum atomic E-state index is -0.417. The Labute approximate surface area is 166 Å². The number of hydrogen-bond donors (Lipinski definition) is 3. The summed E-state index contributed by atoms with van der Waals surface area (Å²) in [4.78, 5) is 0. The molecule has 0 aliphatic carbocycles. The third kappa shape index (κ3) is 2150. The Hall–Kier alpha value is 1.69. The van der Waals surface area contributed by atoms with Gasteiger partial charge in [-0.25, -0.2) is 0 Å². The van der Waals surface area contributed by atoms with E-state index in [1.165, 1.54) is 10.2 Å². The van der Waals surface area contributed by atoms with Gasteiger partial charge in [-0.3, -0.25) is 0 Å². The van der Waals surface area contributed by atoms with E-state index in [1.54, 1.807) is 55.4 Å². The van der Waals surface area contributed by atoms with Crippen LogP contribution in [0.2, 0.25) is 6.55 Å². The normalized spacial score (nSPS) is 8.05. The van der Waals surface area contributed by atoms with Crippen molar-refractivity contribution in [1.82, 2.24) is 0 Å². The van der Waals surface area contributed by atoms with E-state index in [0.29, 0.717) is 0 Å². The van der Waals surface area contributed by atoms with E-state index < -0.39 is 6.10 Å². The van der Waals surface area contributed by atoms with Gasteiger partial charge in [-0.1, -0.05) is 20.4 Å². The van der Waals surface area contributed by atoms with E-state index >= 15 is 0 Å². The summed E-state index contributed by atoms with van der Waals surface area (Å²) >= 11 is 0. The number of hydrogen-bond acceptors (Lipinski definition) is 4. The summed E-state index contributed by atoms with van der Waals surface area (Å²) in [5.74, 6) is 0. The van der Waals surface area contributed by atoms with Gasteiger partial charge in [0, 0.05) is 18.3 Å². The summed E-state index contributed by atoms with van der Waals surface area (Å²) in [5.41, 5.74) is 0. The van der Waals surface area contributed by atoms with Crippen LogP contribution in [0, 0.1) is 0 Å². The van der Waals surface area contributed by atoms with Gasteiger partial charge >= 0.3 is 51.4 Å². The second kappa shape index (κ2) is 36.7. The molecule has 0 aromatic carbocycles. The molecule has 0 saturated heterocycles. The predicted molar refractivity (Wildman–Crippen MR) is 83.0 cm³/mol. The molecule has 0 radical (unpaired) electrons. The maximum absolute atomic E-state index is 9.53. The number of aliphatic hydroxyl groups is 3. The van der Waals surface area contributed by atoms with Gasteiger partial charge in [0.05, 0.1) is 0 Å². The standard InChI is InChI=1S/3C3H8O.C3H7O.CH6Si.K/c4*1-3(2)4;1-2;/h3*3-4H,1-2H3;3H,1-2H3;1-2H3;/q;;;-1;;+1. The molecule has 6 heteroatoms. The van der Waals surface area contributed by atoms with Crippen molar-refractivity contribution in [2.75, 3.05) is 0 Å². The molecule has 0 aliphatic heterocycles. The summed E-state index contributed by atoms with van der Waals surface area (Å²) in [6.07, 6.45) is -0.917. The van der Waals surface area contributed by atoms with Crippen LogP contribution in [0.4, 0.5) is 0 Å². The Kier molecular flexibility index (Phi) is 71.8. The average Bonchev–Trinajstić information content (AvgIpc) is 2.01. The van der Waals surface area contributed by atoms with E-state index in [9.17, 15) is 5.11 Å². The SMILES string of the molecule is CC(C)O.CC(C)O.CC(C)O.CC(C)[O-].C[SiH3].[K+]. The fraction of sp³-hybridized carbons (Fsp3) is 1.00. The third-order valence-corrected chi connectivity index (χ3v) is 0. The minimum absolute atomic E-state index is 0. The van der Waals surface area contributed by atoms with Gasteiger partial charge in [0.1, 0.15) is 0 Å². The first kappa shape index (κ1) is 37.2. The summed E-state index contributed by atoms with van der Waals surface area (Å²) in [7, 11) is 1.31. The van der Waals surface area contributed by atoms with Crippen molar-refractivity contribution in [2.24, 2.45) is 0 Å². The first-order valence-electron chi connectivity index (χ1n) is 6.63. The van der Waals surface area contributed by atoms with Crippen LogP contribution >= 0.6 is 0 Å². The summed E-state index contributed by atoms with van der Waals surface area (Å²) < 4.78 is 0. The van der Waals surface area contributed by atoms with Crippen LogP contribution < -0.4 is 56.5 Å². The van der Waals surface area contributed by atoms with Crippen LogP contribution in [0.3, 0.4) is 0 Å². The molecule has 0 atom stereocenters. The second-order valence-corrected chi connectivity index (χ2v) is 4.33. The zero-order valence-electron chi connectivity index (χ0n) is 15.1.